The van der Waals surface area contributed by atoms with Crippen LogP contribution in [-0.2, 0) is 25.9 Å². The van der Waals surface area contributed by atoms with Crippen molar-refractivity contribution in [3.63, 3.8) is 0 Å². The topological polar surface area (TPSA) is 94.6 Å². The Hall–Kier alpha value is -3.60. The Labute approximate surface area is 274 Å². The Balaban J connectivity index is 1.74. The summed E-state index contributed by atoms with van der Waals surface area (Å²) < 4.78 is 52.7. The summed E-state index contributed by atoms with van der Waals surface area (Å²) in [5, 5.41) is 0. The van der Waals surface area contributed by atoms with E-state index in [2.05, 4.69) is 6.07 Å². The smallest absolute Gasteiger partial charge is 0.412 e. The van der Waals surface area contributed by atoms with Crippen LogP contribution in [0.4, 0.5) is 4.79 Å². The zero-order valence-electron chi connectivity index (χ0n) is 28.4. The highest BCUT2D eigenvalue weighted by atomic mass is 32.2. The van der Waals surface area contributed by atoms with Crippen molar-refractivity contribution in [2.45, 2.75) is 83.3 Å². The van der Waals surface area contributed by atoms with Gasteiger partial charge < -0.3 is 18.9 Å². The number of ether oxygens (including phenoxy) is 4. The quantitative estimate of drug-likeness (QED) is 0.220. The third-order valence-electron chi connectivity index (χ3n) is 7.80. The molecule has 1 heterocycles. The number of carbonyl (C=O) groups excluding carboxylic acids is 1. The molecule has 0 aliphatic carbocycles. The minimum Gasteiger partial charge on any atom is -0.497 e. The highest BCUT2D eigenvalue weighted by molar-refractivity contribution is 7.89. The van der Waals surface area contributed by atoms with Gasteiger partial charge in [-0.3, -0.25) is 4.90 Å². The summed E-state index contributed by atoms with van der Waals surface area (Å²) in [4.78, 5) is 15.6. The molecule has 3 aromatic rings. The maximum absolute atomic E-state index is 14.1. The van der Waals surface area contributed by atoms with Crippen LogP contribution in [0.3, 0.4) is 0 Å². The number of methoxy groups -OCH3 is 2. The van der Waals surface area contributed by atoms with E-state index in [9.17, 15) is 13.2 Å². The first-order chi connectivity index (χ1) is 21.5. The standard InChI is InChI=1S/C36H48N2O7S/c1-25(2)23-37(46(40,41)31-18-16-29(42-8)17-19-31)24-33-32(38(36(6,7)44-33)34(39)45-35(3,4)5)21-26-12-10-13-27(20-26)28-14-11-15-30(22-28)43-9/h10-20,22,25,32-33H,21,23-24H2,1-9H3/t32-,33-/m0/s1. The summed E-state index contributed by atoms with van der Waals surface area (Å²) in [5.74, 6) is 1.37. The molecule has 0 spiro atoms. The van der Waals surface area contributed by atoms with Crippen LogP contribution in [-0.4, -0.2) is 74.5 Å². The van der Waals surface area contributed by atoms with Gasteiger partial charge in [0.2, 0.25) is 10.0 Å². The molecule has 1 aliphatic heterocycles. The molecule has 0 N–H and O–H groups in total. The van der Waals surface area contributed by atoms with Gasteiger partial charge in [0.15, 0.2) is 0 Å². The Morgan fingerprint density at radius 2 is 1.54 bits per heavy atom. The van der Waals surface area contributed by atoms with Gasteiger partial charge in [-0.25, -0.2) is 13.2 Å². The van der Waals surface area contributed by atoms with Gasteiger partial charge in [0.05, 0.1) is 31.3 Å². The SMILES string of the molecule is COc1ccc(S(=O)(=O)N(CC(C)C)C[C@@H]2OC(C)(C)N(C(=O)OC(C)(C)C)[C@H]2Cc2cccc(-c3cccc(OC)c3)c2)cc1. The zero-order valence-corrected chi connectivity index (χ0v) is 29.3. The maximum Gasteiger partial charge on any atom is 0.412 e. The van der Waals surface area contributed by atoms with E-state index in [1.54, 1.807) is 36.3 Å². The maximum atomic E-state index is 14.1. The Morgan fingerprint density at radius 1 is 0.935 bits per heavy atom. The van der Waals surface area contributed by atoms with E-state index in [4.69, 9.17) is 18.9 Å². The lowest BCUT2D eigenvalue weighted by Gasteiger charge is -2.35. The van der Waals surface area contributed by atoms with Crippen molar-refractivity contribution in [3.05, 3.63) is 78.4 Å². The summed E-state index contributed by atoms with van der Waals surface area (Å²) in [6, 6.07) is 21.8. The molecule has 2 atom stereocenters. The van der Waals surface area contributed by atoms with Crippen LogP contribution in [0.5, 0.6) is 11.5 Å². The minimum absolute atomic E-state index is 0.0439. The number of amides is 1. The summed E-state index contributed by atoms with van der Waals surface area (Å²) in [6.45, 7) is 13.4. The third kappa shape index (κ3) is 8.40. The predicted molar refractivity (Wildman–Crippen MR) is 180 cm³/mol. The van der Waals surface area contributed by atoms with Crippen LogP contribution in [0.2, 0.25) is 0 Å². The molecule has 1 saturated heterocycles. The van der Waals surface area contributed by atoms with Gasteiger partial charge in [-0.2, -0.15) is 4.31 Å². The van der Waals surface area contributed by atoms with Crippen molar-refractivity contribution in [2.24, 2.45) is 5.92 Å². The van der Waals surface area contributed by atoms with Crippen molar-refractivity contribution in [1.29, 1.82) is 0 Å². The van der Waals surface area contributed by atoms with Crippen LogP contribution >= 0.6 is 0 Å². The number of carbonyl (C=O) groups is 1. The number of benzene rings is 3. The van der Waals surface area contributed by atoms with E-state index in [1.165, 1.54) is 11.4 Å². The molecule has 46 heavy (non-hydrogen) atoms. The average Bonchev–Trinajstić information content (AvgIpc) is 3.24. The van der Waals surface area contributed by atoms with Gasteiger partial charge in [0.1, 0.15) is 22.8 Å². The fourth-order valence-corrected chi connectivity index (χ4v) is 7.43. The van der Waals surface area contributed by atoms with Crippen LogP contribution in [0.15, 0.2) is 77.7 Å². The van der Waals surface area contributed by atoms with Gasteiger partial charge in [0.25, 0.3) is 0 Å². The molecular weight excluding hydrogens is 604 g/mol. The van der Waals surface area contributed by atoms with Gasteiger partial charge >= 0.3 is 6.09 Å². The molecule has 4 rings (SSSR count). The molecule has 0 bridgehead atoms. The normalized spacial score (nSPS) is 18.2. The van der Waals surface area contributed by atoms with Crippen molar-refractivity contribution in [3.8, 4) is 22.6 Å². The highest BCUT2D eigenvalue weighted by Crippen LogP contribution is 2.37. The van der Waals surface area contributed by atoms with Crippen LogP contribution in [0.25, 0.3) is 11.1 Å². The molecule has 9 nitrogen and oxygen atoms in total. The van der Waals surface area contributed by atoms with Crippen molar-refractivity contribution < 1.29 is 32.2 Å². The van der Waals surface area contributed by atoms with E-state index in [1.807, 2.05) is 90.9 Å². The number of hydrogen-bond acceptors (Lipinski definition) is 7. The molecule has 1 fully saturated rings. The Kier molecular flexibility index (Phi) is 10.8. The largest absolute Gasteiger partial charge is 0.497 e. The molecule has 0 radical (unpaired) electrons. The van der Waals surface area contributed by atoms with Crippen molar-refractivity contribution in [2.75, 3.05) is 27.3 Å². The Bertz CT molecular complexity index is 1600. The fraction of sp³-hybridized carbons (Fsp3) is 0.472. The minimum atomic E-state index is -3.91. The van der Waals surface area contributed by atoms with Crippen LogP contribution in [0.1, 0.15) is 54.0 Å². The van der Waals surface area contributed by atoms with Gasteiger partial charge in [0, 0.05) is 13.1 Å². The molecule has 0 aromatic heterocycles. The van der Waals surface area contributed by atoms with E-state index in [-0.39, 0.29) is 23.9 Å². The molecule has 3 aromatic carbocycles. The first-order valence-electron chi connectivity index (χ1n) is 15.6. The lowest BCUT2D eigenvalue weighted by Crippen LogP contribution is -2.52. The third-order valence-corrected chi connectivity index (χ3v) is 9.64. The first-order valence-corrected chi connectivity index (χ1v) is 17.1. The van der Waals surface area contributed by atoms with E-state index < -0.39 is 39.6 Å². The molecule has 250 valence electrons. The molecule has 1 amide bonds. The van der Waals surface area contributed by atoms with Crippen LogP contribution < -0.4 is 9.47 Å². The van der Waals surface area contributed by atoms with E-state index in [0.717, 1.165) is 22.4 Å². The van der Waals surface area contributed by atoms with Gasteiger partial charge in [-0.1, -0.05) is 50.2 Å². The number of hydrogen-bond donors (Lipinski definition) is 0. The molecule has 0 unspecified atom stereocenters. The lowest BCUT2D eigenvalue weighted by molar-refractivity contribution is -0.0806. The van der Waals surface area contributed by atoms with Gasteiger partial charge in [-0.15, -0.1) is 0 Å². The summed E-state index contributed by atoms with van der Waals surface area (Å²) in [7, 11) is -0.729. The second-order valence-electron chi connectivity index (χ2n) is 13.5. The molecule has 1 aliphatic rings. The van der Waals surface area contributed by atoms with Crippen LogP contribution in [0, 0.1) is 5.92 Å². The van der Waals surface area contributed by atoms with E-state index in [0.29, 0.717) is 12.2 Å². The van der Waals surface area contributed by atoms with Crippen molar-refractivity contribution in [1.82, 2.24) is 9.21 Å². The summed E-state index contributed by atoms with van der Waals surface area (Å²) in [5.41, 5.74) is 1.18. The Morgan fingerprint density at radius 3 is 2.13 bits per heavy atom. The van der Waals surface area contributed by atoms with Crippen molar-refractivity contribution >= 4 is 16.1 Å². The average molecular weight is 653 g/mol. The van der Waals surface area contributed by atoms with Gasteiger partial charge in [-0.05, 0) is 100 Å². The number of rotatable bonds is 11. The molecule has 10 heteroatoms. The molecular formula is C36H48N2O7S. The zero-order chi connectivity index (χ0) is 33.9. The summed E-state index contributed by atoms with van der Waals surface area (Å²) >= 11 is 0. The summed E-state index contributed by atoms with van der Waals surface area (Å²) in [6.07, 6.45) is -0.736. The predicted octanol–water partition coefficient (Wildman–Crippen LogP) is 7.00. The monoisotopic (exact) mass is 652 g/mol. The lowest BCUT2D eigenvalue weighted by atomic mass is 9.96. The number of sulfonamides is 1. The molecule has 0 saturated carbocycles. The second kappa shape index (κ2) is 14.0. The fourth-order valence-electron chi connectivity index (χ4n) is 5.82. The first kappa shape index (κ1) is 35.3. The second-order valence-corrected chi connectivity index (χ2v) is 15.5. The van der Waals surface area contributed by atoms with E-state index >= 15 is 0 Å². The highest BCUT2D eigenvalue weighted by Gasteiger charge is 2.52. The number of nitrogens with zero attached hydrogens (tertiary/aromatic N) is 2.